The van der Waals surface area contributed by atoms with Crippen molar-refractivity contribution in [3.05, 3.63) is 65.6 Å². The fraction of sp³-hybridized carbons (Fsp3) is 0.273. The number of amides is 2. The monoisotopic (exact) mass is 439 g/mol. The van der Waals surface area contributed by atoms with Gasteiger partial charge >= 0.3 is 6.09 Å². The second-order valence-electron chi connectivity index (χ2n) is 7.06. The summed E-state index contributed by atoms with van der Waals surface area (Å²) in [5.74, 6) is -0.0978. The normalized spacial score (nSPS) is 13.9. The summed E-state index contributed by atoms with van der Waals surface area (Å²) < 4.78 is 6.76. The molecule has 8 nitrogen and oxygen atoms in total. The Hall–Kier alpha value is -3.39. The number of rotatable bonds is 4. The van der Waals surface area contributed by atoms with E-state index >= 15 is 0 Å². The van der Waals surface area contributed by atoms with E-state index in [0.717, 1.165) is 16.9 Å². The minimum Gasteiger partial charge on any atom is -0.450 e. The first kappa shape index (κ1) is 20.9. The Kier molecular flexibility index (Phi) is 6.18. The van der Waals surface area contributed by atoms with Gasteiger partial charge in [-0.3, -0.25) is 9.78 Å². The fourth-order valence-corrected chi connectivity index (χ4v) is 3.50. The number of hydrogen-bond acceptors (Lipinski definition) is 5. The summed E-state index contributed by atoms with van der Waals surface area (Å²) in [5, 5.41) is 5.04. The Balaban J connectivity index is 1.40. The Morgan fingerprint density at radius 3 is 2.35 bits per heavy atom. The van der Waals surface area contributed by atoms with Crippen LogP contribution in [0.4, 0.5) is 4.79 Å². The lowest BCUT2D eigenvalue weighted by molar-refractivity contribution is 0.0570. The summed E-state index contributed by atoms with van der Waals surface area (Å²) in [6.07, 6.45) is 4.85. The molecule has 1 aromatic carbocycles. The largest absolute Gasteiger partial charge is 0.450 e. The zero-order valence-electron chi connectivity index (χ0n) is 17.1. The van der Waals surface area contributed by atoms with Crippen LogP contribution in [0.5, 0.6) is 0 Å². The quantitative estimate of drug-likeness (QED) is 0.621. The Bertz CT molecular complexity index is 1060. The van der Waals surface area contributed by atoms with Crippen molar-refractivity contribution in [2.24, 2.45) is 0 Å². The number of carbonyl (C=O) groups is 2. The van der Waals surface area contributed by atoms with Crippen molar-refractivity contribution in [2.75, 3.05) is 32.8 Å². The fourth-order valence-electron chi connectivity index (χ4n) is 3.37. The van der Waals surface area contributed by atoms with Crippen molar-refractivity contribution < 1.29 is 14.3 Å². The van der Waals surface area contributed by atoms with Gasteiger partial charge in [-0.05, 0) is 43.3 Å². The number of carbonyl (C=O) groups excluding carboxylic acids is 2. The molecule has 0 unspecified atom stereocenters. The molecule has 3 aromatic rings. The highest BCUT2D eigenvalue weighted by atomic mass is 35.5. The van der Waals surface area contributed by atoms with Gasteiger partial charge in [0.15, 0.2) is 0 Å². The lowest BCUT2D eigenvalue weighted by Crippen LogP contribution is -2.50. The number of halogens is 1. The summed E-state index contributed by atoms with van der Waals surface area (Å²) in [6, 6.07) is 11.0. The minimum atomic E-state index is -0.334. The van der Waals surface area contributed by atoms with Crippen LogP contribution in [-0.4, -0.2) is 69.4 Å². The molecule has 0 N–H and O–H groups in total. The van der Waals surface area contributed by atoms with E-state index in [2.05, 4.69) is 10.1 Å². The molecule has 0 aliphatic carbocycles. The van der Waals surface area contributed by atoms with E-state index in [-0.39, 0.29) is 12.0 Å². The van der Waals surface area contributed by atoms with Crippen LogP contribution in [0.2, 0.25) is 5.02 Å². The molecular formula is C22H22ClN5O3. The maximum atomic E-state index is 12.8. The second kappa shape index (κ2) is 9.18. The zero-order chi connectivity index (χ0) is 21.8. The second-order valence-corrected chi connectivity index (χ2v) is 7.50. The van der Waals surface area contributed by atoms with E-state index in [0.29, 0.717) is 43.4 Å². The van der Waals surface area contributed by atoms with Crippen molar-refractivity contribution in [1.29, 1.82) is 0 Å². The highest BCUT2D eigenvalue weighted by Gasteiger charge is 2.25. The van der Waals surface area contributed by atoms with Gasteiger partial charge in [-0.2, -0.15) is 5.10 Å². The van der Waals surface area contributed by atoms with Gasteiger partial charge in [-0.1, -0.05) is 11.6 Å². The van der Waals surface area contributed by atoms with Gasteiger partial charge in [0.05, 0.1) is 29.7 Å². The number of aromatic nitrogens is 3. The third-order valence-corrected chi connectivity index (χ3v) is 5.32. The number of pyridine rings is 1. The van der Waals surface area contributed by atoms with Crippen LogP contribution < -0.4 is 0 Å². The Morgan fingerprint density at radius 2 is 1.71 bits per heavy atom. The highest BCUT2D eigenvalue weighted by molar-refractivity contribution is 6.30. The zero-order valence-corrected chi connectivity index (χ0v) is 17.8. The smallest absolute Gasteiger partial charge is 0.409 e. The van der Waals surface area contributed by atoms with E-state index in [1.165, 1.54) is 0 Å². The first-order chi connectivity index (χ1) is 15.0. The summed E-state index contributed by atoms with van der Waals surface area (Å²) in [5.41, 5.74) is 2.98. The van der Waals surface area contributed by atoms with E-state index in [9.17, 15) is 9.59 Å². The lowest BCUT2D eigenvalue weighted by atomic mass is 10.1. The lowest BCUT2D eigenvalue weighted by Gasteiger charge is -2.34. The molecule has 1 fully saturated rings. The molecule has 1 aliphatic rings. The summed E-state index contributed by atoms with van der Waals surface area (Å²) >= 11 is 5.94. The van der Waals surface area contributed by atoms with E-state index in [1.54, 1.807) is 39.9 Å². The maximum Gasteiger partial charge on any atom is 0.409 e. The maximum absolute atomic E-state index is 12.8. The third-order valence-electron chi connectivity index (χ3n) is 5.07. The molecule has 0 saturated carbocycles. The van der Waals surface area contributed by atoms with Gasteiger partial charge in [-0.15, -0.1) is 0 Å². The Labute approximate surface area is 185 Å². The van der Waals surface area contributed by atoms with Crippen LogP contribution in [0.3, 0.4) is 0 Å². The summed E-state index contributed by atoms with van der Waals surface area (Å²) in [7, 11) is 0. The summed E-state index contributed by atoms with van der Waals surface area (Å²) in [6.45, 7) is 3.96. The molecule has 1 saturated heterocycles. The first-order valence-electron chi connectivity index (χ1n) is 10.0. The van der Waals surface area contributed by atoms with E-state index < -0.39 is 0 Å². The molecular weight excluding hydrogens is 418 g/mol. The van der Waals surface area contributed by atoms with Crippen molar-refractivity contribution >= 4 is 23.6 Å². The van der Waals surface area contributed by atoms with Gasteiger partial charge < -0.3 is 14.5 Å². The predicted molar refractivity (Wildman–Crippen MR) is 116 cm³/mol. The van der Waals surface area contributed by atoms with Crippen LogP contribution in [0.1, 0.15) is 17.3 Å². The standard InChI is InChI=1S/C22H22ClN5O3/c1-2-31-22(30)27-11-9-26(10-12-27)21(29)16-3-8-20(24-13-16)17-14-25-28(15-17)19-6-4-18(23)5-7-19/h3-8,13-15H,2,9-12H2,1H3. The van der Waals surface area contributed by atoms with Crippen LogP contribution in [0, 0.1) is 0 Å². The third kappa shape index (κ3) is 4.69. The molecule has 0 spiro atoms. The van der Waals surface area contributed by atoms with Gasteiger partial charge in [0.1, 0.15) is 0 Å². The van der Waals surface area contributed by atoms with Gasteiger partial charge in [0, 0.05) is 49.2 Å². The number of benzene rings is 1. The molecule has 4 rings (SSSR count). The van der Waals surface area contributed by atoms with Crippen molar-refractivity contribution in [3.8, 4) is 16.9 Å². The Morgan fingerprint density at radius 1 is 1.00 bits per heavy atom. The molecule has 31 heavy (non-hydrogen) atoms. The van der Waals surface area contributed by atoms with Crippen LogP contribution in [0.15, 0.2) is 55.0 Å². The minimum absolute atomic E-state index is 0.0978. The molecule has 2 amide bonds. The number of hydrogen-bond donors (Lipinski definition) is 0. The van der Waals surface area contributed by atoms with Crippen molar-refractivity contribution in [3.63, 3.8) is 0 Å². The van der Waals surface area contributed by atoms with E-state index in [4.69, 9.17) is 16.3 Å². The van der Waals surface area contributed by atoms with Crippen LogP contribution in [0.25, 0.3) is 16.9 Å². The average molecular weight is 440 g/mol. The van der Waals surface area contributed by atoms with E-state index in [1.807, 2.05) is 36.5 Å². The molecule has 0 radical (unpaired) electrons. The van der Waals surface area contributed by atoms with Gasteiger partial charge in [0.25, 0.3) is 5.91 Å². The number of ether oxygens (including phenoxy) is 1. The molecule has 3 heterocycles. The SMILES string of the molecule is CCOC(=O)N1CCN(C(=O)c2ccc(-c3cnn(-c4ccc(Cl)cc4)c3)nc2)CC1. The van der Waals surface area contributed by atoms with Crippen molar-refractivity contribution in [1.82, 2.24) is 24.6 Å². The van der Waals surface area contributed by atoms with Crippen LogP contribution in [-0.2, 0) is 4.74 Å². The molecule has 1 aliphatic heterocycles. The van der Waals surface area contributed by atoms with Crippen molar-refractivity contribution in [2.45, 2.75) is 6.92 Å². The summed E-state index contributed by atoms with van der Waals surface area (Å²) in [4.78, 5) is 32.4. The highest BCUT2D eigenvalue weighted by Crippen LogP contribution is 2.20. The first-order valence-corrected chi connectivity index (χ1v) is 10.4. The molecule has 2 aromatic heterocycles. The topological polar surface area (TPSA) is 80.6 Å². The average Bonchev–Trinajstić information content (AvgIpc) is 3.30. The number of piperazine rings is 1. The predicted octanol–water partition coefficient (Wildman–Crippen LogP) is 3.50. The molecule has 0 bridgehead atoms. The van der Waals surface area contributed by atoms with Crippen LogP contribution >= 0.6 is 11.6 Å². The molecule has 160 valence electrons. The van der Waals surface area contributed by atoms with Gasteiger partial charge in [0.2, 0.25) is 0 Å². The van der Waals surface area contributed by atoms with Gasteiger partial charge in [-0.25, -0.2) is 9.48 Å². The number of nitrogens with zero attached hydrogens (tertiary/aromatic N) is 5. The molecule has 9 heteroatoms. The molecule has 0 atom stereocenters.